The summed E-state index contributed by atoms with van der Waals surface area (Å²) in [6, 6.07) is 50.7. The molecule has 4 heteroatoms. The summed E-state index contributed by atoms with van der Waals surface area (Å²) in [5, 5.41) is 5.97. The van der Waals surface area contributed by atoms with Gasteiger partial charge >= 0.3 is 0 Å². The van der Waals surface area contributed by atoms with Gasteiger partial charge in [-0.25, -0.2) is 0 Å². The number of hydrogen-bond acceptors (Lipinski definition) is 1. The Morgan fingerprint density at radius 3 is 2.07 bits per heavy atom. The minimum Gasteiger partial charge on any atom is -0.489 e. The minimum atomic E-state index is -0.214. The Bertz CT molecular complexity index is 3460. The van der Waals surface area contributed by atoms with Crippen LogP contribution in [0.2, 0.25) is 0 Å². The largest absolute Gasteiger partial charge is 0.489 e. The number of terminal acetylenes is 1. The van der Waals surface area contributed by atoms with E-state index >= 15 is 0 Å². The van der Waals surface area contributed by atoms with Crippen LogP contribution in [0.25, 0.3) is 77.2 Å². The van der Waals surface area contributed by atoms with Crippen molar-refractivity contribution in [2.75, 3.05) is 0 Å². The molecule has 1 aliphatic carbocycles. The molecule has 0 radical (unpaired) electrons. The molecule has 0 N–H and O–H groups in total. The smallest absolute Gasteiger partial charge is 0.136 e. The first-order chi connectivity index (χ1) is 29.6. The van der Waals surface area contributed by atoms with Crippen molar-refractivity contribution in [3.05, 3.63) is 217 Å². The Kier molecular flexibility index (Phi) is 8.25. The van der Waals surface area contributed by atoms with Gasteiger partial charge in [0.25, 0.3) is 0 Å². The molecule has 0 saturated heterocycles. The van der Waals surface area contributed by atoms with Crippen LogP contribution < -0.4 is 0 Å². The second-order valence-electron chi connectivity index (χ2n) is 15.6. The van der Waals surface area contributed by atoms with Crippen molar-refractivity contribution in [2.45, 2.75) is 20.0 Å². The maximum atomic E-state index is 6.90. The van der Waals surface area contributed by atoms with Crippen LogP contribution in [0.15, 0.2) is 200 Å². The molecule has 0 fully saturated rings. The number of ether oxygens (including phenoxy) is 1. The van der Waals surface area contributed by atoms with Crippen LogP contribution in [-0.2, 0) is 4.74 Å². The summed E-state index contributed by atoms with van der Waals surface area (Å²) in [7, 11) is 0. The Hall–Kier alpha value is -7.74. The van der Waals surface area contributed by atoms with E-state index in [1.807, 2.05) is 19.1 Å². The van der Waals surface area contributed by atoms with Gasteiger partial charge in [-0.15, -0.1) is 6.42 Å². The van der Waals surface area contributed by atoms with E-state index in [0.29, 0.717) is 0 Å². The summed E-state index contributed by atoms with van der Waals surface area (Å²) >= 11 is 0. The fraction of sp³-hybridized carbons (Fsp3) is 0.0714. The van der Waals surface area contributed by atoms with E-state index in [4.69, 9.17) is 11.2 Å². The summed E-state index contributed by atoms with van der Waals surface area (Å²) in [6.45, 7) is 8.31. The minimum absolute atomic E-state index is 0.0316. The molecule has 2 aliphatic rings. The third-order valence-electron chi connectivity index (χ3n) is 12.4. The molecule has 6 aromatic carbocycles. The van der Waals surface area contributed by atoms with E-state index in [9.17, 15) is 0 Å². The van der Waals surface area contributed by atoms with Crippen molar-refractivity contribution in [2.24, 2.45) is 5.92 Å². The molecular weight excluding hydrogens is 731 g/mol. The van der Waals surface area contributed by atoms with Crippen LogP contribution in [0.5, 0.6) is 0 Å². The standard InChI is InChI=1S/C56H41N3O/c1-5-8-19-38(7-3)57-49-26-16-13-23-42(49)46-33-37(29-31-52(46)57)45-35-48-41(22-9-6-2)36(4)60-56(48)54-44-25-15-18-28-51(44)59(55(45)54)40-30-32-53-47(34-40)43-24-14-17-27-50(43)58(53)39-20-11-10-12-21-39/h2,5,7-35,48,56H,3H2,1,4H3/b8-5-,22-9-,38-19+. The van der Waals surface area contributed by atoms with Crippen LogP contribution in [0.1, 0.15) is 36.8 Å². The molecule has 286 valence electrons. The van der Waals surface area contributed by atoms with Gasteiger partial charge in [-0.05, 0) is 104 Å². The van der Waals surface area contributed by atoms with Crippen molar-refractivity contribution in [3.8, 4) is 23.7 Å². The second-order valence-corrected chi connectivity index (χ2v) is 15.6. The molecule has 1 aliphatic heterocycles. The van der Waals surface area contributed by atoms with Crippen LogP contribution in [-0.4, -0.2) is 13.7 Å². The first kappa shape index (κ1) is 35.4. The van der Waals surface area contributed by atoms with Crippen molar-refractivity contribution >= 4 is 65.8 Å². The average molecular weight is 772 g/mol. The van der Waals surface area contributed by atoms with Crippen molar-refractivity contribution in [3.63, 3.8) is 0 Å². The molecule has 0 spiro atoms. The van der Waals surface area contributed by atoms with Crippen molar-refractivity contribution in [1.29, 1.82) is 0 Å². The fourth-order valence-corrected chi connectivity index (χ4v) is 9.89. The van der Waals surface area contributed by atoms with E-state index in [2.05, 4.69) is 197 Å². The fourth-order valence-electron chi connectivity index (χ4n) is 9.89. The summed E-state index contributed by atoms with van der Waals surface area (Å²) in [5.41, 5.74) is 14.7. The van der Waals surface area contributed by atoms with Crippen LogP contribution in [0.3, 0.4) is 0 Å². The SMILES string of the molecule is C#C/C=C\C1=C(C)OC2c3c(n(-c4ccc5c(c4)c4ccccc4n5-c4ccccc4)c4ccccc34)C(c3ccc4c(c3)c3ccccc3n4/C(C=C)=C/C=C\C)=CC12. The maximum absolute atomic E-state index is 6.90. The predicted molar refractivity (Wildman–Crippen MR) is 251 cm³/mol. The number of para-hydroxylation sites is 4. The highest BCUT2D eigenvalue weighted by atomic mass is 16.5. The number of rotatable bonds is 7. The number of hydrogen-bond donors (Lipinski definition) is 0. The molecule has 0 bridgehead atoms. The van der Waals surface area contributed by atoms with Gasteiger partial charge in [0, 0.05) is 66.6 Å². The molecule has 11 rings (SSSR count). The van der Waals surface area contributed by atoms with Gasteiger partial charge < -0.3 is 18.4 Å². The molecule has 3 aromatic heterocycles. The molecule has 2 atom stereocenters. The lowest BCUT2D eigenvalue weighted by Crippen LogP contribution is -2.17. The van der Waals surface area contributed by atoms with Gasteiger partial charge in [-0.2, -0.15) is 0 Å². The zero-order valence-electron chi connectivity index (χ0n) is 33.5. The maximum Gasteiger partial charge on any atom is 0.136 e. The lowest BCUT2D eigenvalue weighted by atomic mass is 9.79. The topological polar surface area (TPSA) is 24.0 Å². The molecule has 0 amide bonds. The zero-order chi connectivity index (χ0) is 40.5. The average Bonchev–Trinajstić information content (AvgIpc) is 4.01. The number of benzene rings is 6. The summed E-state index contributed by atoms with van der Waals surface area (Å²) < 4.78 is 14.1. The highest BCUT2D eigenvalue weighted by Crippen LogP contribution is 2.54. The van der Waals surface area contributed by atoms with Gasteiger partial charge in [-0.1, -0.05) is 110 Å². The first-order valence-corrected chi connectivity index (χ1v) is 20.5. The molecule has 60 heavy (non-hydrogen) atoms. The van der Waals surface area contributed by atoms with Crippen LogP contribution in [0.4, 0.5) is 0 Å². The molecule has 4 heterocycles. The Balaban J connectivity index is 1.20. The Labute approximate surface area is 349 Å². The van der Waals surface area contributed by atoms with Gasteiger partial charge in [0.2, 0.25) is 0 Å². The highest BCUT2D eigenvalue weighted by Gasteiger charge is 2.42. The van der Waals surface area contributed by atoms with E-state index in [0.717, 1.165) is 61.8 Å². The summed E-state index contributed by atoms with van der Waals surface area (Å²) in [6.07, 6.45) is 20.0. The molecular formula is C56H41N3O. The van der Waals surface area contributed by atoms with E-state index in [1.54, 1.807) is 6.08 Å². The monoisotopic (exact) mass is 771 g/mol. The predicted octanol–water partition coefficient (Wildman–Crippen LogP) is 14.0. The van der Waals surface area contributed by atoms with Crippen molar-refractivity contribution in [1.82, 2.24) is 13.7 Å². The first-order valence-electron chi connectivity index (χ1n) is 20.5. The third kappa shape index (κ3) is 5.19. The third-order valence-corrected chi connectivity index (χ3v) is 12.4. The summed E-state index contributed by atoms with van der Waals surface area (Å²) in [5.74, 6) is 3.59. The van der Waals surface area contributed by atoms with E-state index in [1.165, 1.54) is 43.5 Å². The molecule has 4 nitrogen and oxygen atoms in total. The van der Waals surface area contributed by atoms with Crippen molar-refractivity contribution < 1.29 is 4.74 Å². The van der Waals surface area contributed by atoms with Gasteiger partial charge in [-0.3, -0.25) is 0 Å². The Morgan fingerprint density at radius 2 is 1.32 bits per heavy atom. The normalized spacial score (nSPS) is 16.7. The molecule has 2 unspecified atom stereocenters. The zero-order valence-corrected chi connectivity index (χ0v) is 33.5. The Morgan fingerprint density at radius 1 is 0.683 bits per heavy atom. The molecule has 0 saturated carbocycles. The number of aromatic nitrogens is 3. The lowest BCUT2D eigenvalue weighted by Gasteiger charge is -2.28. The van der Waals surface area contributed by atoms with E-state index < -0.39 is 0 Å². The summed E-state index contributed by atoms with van der Waals surface area (Å²) in [4.78, 5) is 0. The van der Waals surface area contributed by atoms with Crippen LogP contribution >= 0.6 is 0 Å². The molecule has 9 aromatic rings. The number of nitrogens with zero attached hydrogens (tertiary/aromatic N) is 3. The van der Waals surface area contributed by atoms with Gasteiger partial charge in [0.1, 0.15) is 6.10 Å². The van der Waals surface area contributed by atoms with Gasteiger partial charge in [0.15, 0.2) is 0 Å². The van der Waals surface area contributed by atoms with Gasteiger partial charge in [0.05, 0.1) is 39.0 Å². The number of fused-ring (bicyclic) bond motifs is 11. The quantitative estimate of drug-likeness (QED) is 0.117. The number of allylic oxidation sites excluding steroid dienone is 8. The highest BCUT2D eigenvalue weighted by molar-refractivity contribution is 6.13. The van der Waals surface area contributed by atoms with Crippen LogP contribution in [0, 0.1) is 18.3 Å². The second kappa shape index (κ2) is 14.0. The lowest BCUT2D eigenvalue weighted by molar-refractivity contribution is 0.127. The van der Waals surface area contributed by atoms with E-state index in [-0.39, 0.29) is 12.0 Å².